The third kappa shape index (κ3) is 3.69. The highest BCUT2D eigenvalue weighted by Gasteiger charge is 2.20. The Balaban J connectivity index is 1.91. The molecule has 0 saturated heterocycles. The van der Waals surface area contributed by atoms with Gasteiger partial charge in [-0.1, -0.05) is 6.92 Å². The summed E-state index contributed by atoms with van der Waals surface area (Å²) < 4.78 is 1.16. The Bertz CT molecular complexity index is 380. The Morgan fingerprint density at radius 2 is 1.76 bits per heavy atom. The predicted molar refractivity (Wildman–Crippen MR) is 78.0 cm³/mol. The van der Waals surface area contributed by atoms with Gasteiger partial charge in [0.15, 0.2) is 0 Å². The second-order valence-corrected chi connectivity index (χ2v) is 6.18. The highest BCUT2D eigenvalue weighted by atomic mass is 127. The quantitative estimate of drug-likeness (QED) is 0.817. The van der Waals surface area contributed by atoms with E-state index in [2.05, 4.69) is 34.8 Å². The molecule has 2 rings (SSSR count). The lowest BCUT2D eigenvalue weighted by Gasteiger charge is -2.26. The molecule has 1 amide bonds. The van der Waals surface area contributed by atoms with Crippen LogP contribution in [0.25, 0.3) is 0 Å². The van der Waals surface area contributed by atoms with Crippen molar-refractivity contribution in [3.05, 3.63) is 33.4 Å². The molecule has 0 heterocycles. The van der Waals surface area contributed by atoms with Crippen LogP contribution in [0, 0.1) is 9.49 Å². The second kappa shape index (κ2) is 5.85. The SMILES string of the molecule is CC1CCC(NC(=O)c2ccc(I)cc2)CC1. The van der Waals surface area contributed by atoms with E-state index >= 15 is 0 Å². The number of hydrogen-bond donors (Lipinski definition) is 1. The standard InChI is InChI=1S/C14H18INO/c1-10-2-8-13(9-3-10)16-14(17)11-4-6-12(15)7-5-11/h4-7,10,13H,2-3,8-9H2,1H3,(H,16,17). The van der Waals surface area contributed by atoms with Crippen molar-refractivity contribution in [3.8, 4) is 0 Å². The molecule has 0 radical (unpaired) electrons. The van der Waals surface area contributed by atoms with Gasteiger partial charge in [-0.25, -0.2) is 0 Å². The zero-order valence-corrected chi connectivity index (χ0v) is 12.2. The van der Waals surface area contributed by atoms with Gasteiger partial charge in [-0.3, -0.25) is 4.79 Å². The summed E-state index contributed by atoms with van der Waals surface area (Å²) in [6.07, 6.45) is 4.71. The molecule has 0 spiro atoms. The normalized spacial score (nSPS) is 24.4. The van der Waals surface area contributed by atoms with Gasteiger partial charge in [-0.15, -0.1) is 0 Å². The number of nitrogens with one attached hydrogen (secondary N) is 1. The summed E-state index contributed by atoms with van der Waals surface area (Å²) in [5.74, 6) is 0.891. The first-order valence-electron chi connectivity index (χ1n) is 6.21. The van der Waals surface area contributed by atoms with E-state index in [0.717, 1.165) is 27.9 Å². The summed E-state index contributed by atoms with van der Waals surface area (Å²) in [5, 5.41) is 3.13. The Morgan fingerprint density at radius 1 is 1.18 bits per heavy atom. The molecule has 17 heavy (non-hydrogen) atoms. The van der Waals surface area contributed by atoms with Crippen LogP contribution < -0.4 is 5.32 Å². The average Bonchev–Trinajstić information content (AvgIpc) is 2.33. The zero-order valence-electron chi connectivity index (χ0n) is 10.1. The minimum Gasteiger partial charge on any atom is -0.349 e. The molecule has 1 aromatic carbocycles. The number of halogens is 1. The number of hydrogen-bond acceptors (Lipinski definition) is 1. The van der Waals surface area contributed by atoms with E-state index in [9.17, 15) is 4.79 Å². The van der Waals surface area contributed by atoms with E-state index in [0.29, 0.717) is 6.04 Å². The van der Waals surface area contributed by atoms with Crippen molar-refractivity contribution in [1.29, 1.82) is 0 Å². The third-order valence-corrected chi connectivity index (χ3v) is 4.18. The summed E-state index contributed by atoms with van der Waals surface area (Å²) >= 11 is 2.25. The first-order chi connectivity index (χ1) is 8.15. The first-order valence-corrected chi connectivity index (χ1v) is 7.29. The van der Waals surface area contributed by atoms with Crippen LogP contribution in [0.15, 0.2) is 24.3 Å². The maximum absolute atomic E-state index is 12.0. The molecule has 92 valence electrons. The molecule has 0 bridgehead atoms. The van der Waals surface area contributed by atoms with Gasteiger partial charge in [0.2, 0.25) is 0 Å². The summed E-state index contributed by atoms with van der Waals surface area (Å²) in [6.45, 7) is 2.29. The fourth-order valence-electron chi connectivity index (χ4n) is 2.27. The van der Waals surface area contributed by atoms with Gasteiger partial charge in [0.05, 0.1) is 0 Å². The molecule has 0 aromatic heterocycles. The molecule has 1 aliphatic carbocycles. The van der Waals surface area contributed by atoms with E-state index in [-0.39, 0.29) is 5.91 Å². The van der Waals surface area contributed by atoms with Gasteiger partial charge in [-0.2, -0.15) is 0 Å². The number of carbonyl (C=O) groups excluding carboxylic acids is 1. The van der Waals surface area contributed by atoms with Crippen molar-refractivity contribution in [3.63, 3.8) is 0 Å². The monoisotopic (exact) mass is 343 g/mol. The first kappa shape index (κ1) is 12.9. The molecule has 1 N–H and O–H groups in total. The van der Waals surface area contributed by atoms with Crippen molar-refractivity contribution in [2.24, 2.45) is 5.92 Å². The second-order valence-electron chi connectivity index (χ2n) is 4.94. The Labute approximate surface area is 116 Å². The highest BCUT2D eigenvalue weighted by Crippen LogP contribution is 2.23. The topological polar surface area (TPSA) is 29.1 Å². The smallest absolute Gasteiger partial charge is 0.251 e. The molecule has 1 saturated carbocycles. The van der Waals surface area contributed by atoms with E-state index in [1.807, 2.05) is 24.3 Å². The fourth-order valence-corrected chi connectivity index (χ4v) is 2.63. The molecule has 1 aromatic rings. The van der Waals surface area contributed by atoms with Crippen LogP contribution in [-0.4, -0.2) is 11.9 Å². The van der Waals surface area contributed by atoms with Crippen molar-refractivity contribution in [2.45, 2.75) is 38.6 Å². The summed E-state index contributed by atoms with van der Waals surface area (Å²) in [5.41, 5.74) is 0.768. The largest absolute Gasteiger partial charge is 0.349 e. The molecular formula is C14H18INO. The molecular weight excluding hydrogens is 325 g/mol. The number of rotatable bonds is 2. The molecule has 0 atom stereocenters. The van der Waals surface area contributed by atoms with Crippen molar-refractivity contribution < 1.29 is 4.79 Å². The Kier molecular flexibility index (Phi) is 4.42. The average molecular weight is 343 g/mol. The van der Waals surface area contributed by atoms with Crippen LogP contribution in [0.1, 0.15) is 43.0 Å². The molecule has 0 unspecified atom stereocenters. The van der Waals surface area contributed by atoms with E-state index < -0.39 is 0 Å². The lowest BCUT2D eigenvalue weighted by molar-refractivity contribution is 0.0923. The van der Waals surface area contributed by atoms with Crippen LogP contribution in [0.5, 0.6) is 0 Å². The van der Waals surface area contributed by atoms with Crippen molar-refractivity contribution in [2.75, 3.05) is 0 Å². The van der Waals surface area contributed by atoms with Crippen LogP contribution in [0.2, 0.25) is 0 Å². The van der Waals surface area contributed by atoms with Crippen molar-refractivity contribution in [1.82, 2.24) is 5.32 Å². The summed E-state index contributed by atoms with van der Waals surface area (Å²) in [7, 11) is 0. The van der Waals surface area contributed by atoms with Crippen LogP contribution in [-0.2, 0) is 0 Å². The number of carbonyl (C=O) groups is 1. The van der Waals surface area contributed by atoms with Crippen LogP contribution >= 0.6 is 22.6 Å². The fraction of sp³-hybridized carbons (Fsp3) is 0.500. The maximum atomic E-state index is 12.0. The zero-order chi connectivity index (χ0) is 12.3. The van der Waals surface area contributed by atoms with Gasteiger partial charge in [0.25, 0.3) is 5.91 Å². The molecule has 1 aliphatic rings. The van der Waals surface area contributed by atoms with Gasteiger partial charge in [0.1, 0.15) is 0 Å². The number of benzene rings is 1. The van der Waals surface area contributed by atoms with E-state index in [1.165, 1.54) is 12.8 Å². The third-order valence-electron chi connectivity index (χ3n) is 3.46. The highest BCUT2D eigenvalue weighted by molar-refractivity contribution is 14.1. The van der Waals surface area contributed by atoms with Crippen LogP contribution in [0.4, 0.5) is 0 Å². The molecule has 3 heteroatoms. The lowest BCUT2D eigenvalue weighted by Crippen LogP contribution is -2.37. The van der Waals surface area contributed by atoms with Crippen molar-refractivity contribution >= 4 is 28.5 Å². The minimum absolute atomic E-state index is 0.0703. The predicted octanol–water partition coefficient (Wildman–Crippen LogP) is 3.60. The van der Waals surface area contributed by atoms with Gasteiger partial charge < -0.3 is 5.32 Å². The lowest BCUT2D eigenvalue weighted by atomic mass is 9.87. The molecule has 2 nitrogen and oxygen atoms in total. The summed E-state index contributed by atoms with van der Waals surface area (Å²) in [6, 6.07) is 8.10. The van der Waals surface area contributed by atoms with Gasteiger partial charge in [-0.05, 0) is 78.5 Å². The van der Waals surface area contributed by atoms with E-state index in [4.69, 9.17) is 0 Å². The maximum Gasteiger partial charge on any atom is 0.251 e. The number of amides is 1. The Morgan fingerprint density at radius 3 is 2.35 bits per heavy atom. The molecule has 1 fully saturated rings. The minimum atomic E-state index is 0.0703. The van der Waals surface area contributed by atoms with Gasteiger partial charge in [0, 0.05) is 15.2 Å². The molecule has 0 aliphatic heterocycles. The van der Waals surface area contributed by atoms with Crippen LogP contribution in [0.3, 0.4) is 0 Å². The van der Waals surface area contributed by atoms with E-state index in [1.54, 1.807) is 0 Å². The Hall–Kier alpha value is -0.580. The summed E-state index contributed by atoms with van der Waals surface area (Å²) in [4.78, 5) is 12.0. The van der Waals surface area contributed by atoms with Gasteiger partial charge >= 0.3 is 0 Å².